The van der Waals surface area contributed by atoms with E-state index >= 15 is 0 Å². The zero-order chi connectivity index (χ0) is 16.1. The van der Waals surface area contributed by atoms with Crippen molar-refractivity contribution in [2.75, 3.05) is 5.75 Å². The van der Waals surface area contributed by atoms with Gasteiger partial charge in [-0.2, -0.15) is 13.2 Å². The van der Waals surface area contributed by atoms with Crippen LogP contribution in [0.2, 0.25) is 0 Å². The summed E-state index contributed by atoms with van der Waals surface area (Å²) in [6, 6.07) is -0.574. The van der Waals surface area contributed by atoms with Crippen LogP contribution in [-0.2, 0) is 10.0 Å². The van der Waals surface area contributed by atoms with E-state index in [0.29, 0.717) is 10.1 Å². The molecule has 1 saturated heterocycles. The zero-order valence-corrected chi connectivity index (χ0v) is 14.1. The molecule has 1 heterocycles. The summed E-state index contributed by atoms with van der Waals surface area (Å²) in [6.07, 6.45) is 1.60. The number of nitrogens with zero attached hydrogens (tertiary/aromatic N) is 1. The number of fused-ring (bicyclic) bond motifs is 1. The fraction of sp³-hybridized carbons (Fsp3) is 1.00. The van der Waals surface area contributed by atoms with Crippen LogP contribution >= 0.6 is 11.9 Å². The van der Waals surface area contributed by atoms with Crippen molar-refractivity contribution in [1.82, 2.24) is 3.71 Å². The Labute approximate surface area is 127 Å². The topological polar surface area (TPSA) is 37.4 Å². The van der Waals surface area contributed by atoms with Crippen LogP contribution in [0.4, 0.5) is 13.2 Å². The molecule has 0 N–H and O–H groups in total. The van der Waals surface area contributed by atoms with Gasteiger partial charge in [-0.1, -0.05) is 27.7 Å². The van der Waals surface area contributed by atoms with Gasteiger partial charge in [0, 0.05) is 23.4 Å². The molecule has 3 nitrogen and oxygen atoms in total. The predicted octanol–water partition coefficient (Wildman–Crippen LogP) is 3.63. The van der Waals surface area contributed by atoms with Crippen LogP contribution in [0.5, 0.6) is 0 Å². The van der Waals surface area contributed by atoms with Crippen molar-refractivity contribution in [3.05, 3.63) is 0 Å². The molecule has 3 aliphatic rings. The molecule has 3 atom stereocenters. The lowest BCUT2D eigenvalue weighted by atomic mass is 9.68. The molecule has 0 aromatic carbocycles. The maximum absolute atomic E-state index is 12.8. The quantitative estimate of drug-likeness (QED) is 0.682. The Morgan fingerprint density at radius 3 is 2.29 bits per heavy atom. The van der Waals surface area contributed by atoms with E-state index in [9.17, 15) is 21.6 Å². The molecule has 3 fully saturated rings. The Morgan fingerprint density at radius 1 is 1.19 bits per heavy atom. The summed E-state index contributed by atoms with van der Waals surface area (Å²) >= 11 is -0.469. The third-order valence-corrected chi connectivity index (χ3v) is 9.42. The van der Waals surface area contributed by atoms with Crippen LogP contribution in [0.1, 0.15) is 40.5 Å². The number of halogens is 3. The average Bonchev–Trinajstić information content (AvgIpc) is 2.64. The summed E-state index contributed by atoms with van der Waals surface area (Å²) in [4.78, 5) is 0. The smallest absolute Gasteiger partial charge is 0.211 e. The zero-order valence-electron chi connectivity index (χ0n) is 12.5. The molecular weight excluding hydrogens is 323 g/mol. The molecule has 2 bridgehead atoms. The minimum atomic E-state index is -4.58. The second kappa shape index (κ2) is 3.93. The van der Waals surface area contributed by atoms with Crippen molar-refractivity contribution in [3.63, 3.8) is 0 Å². The molecular formula is C13H20F3NO2S2. The first-order valence-corrected chi connectivity index (χ1v) is 9.42. The Kier molecular flexibility index (Phi) is 2.98. The largest absolute Gasteiger partial charge is 0.457 e. The Bertz CT molecular complexity index is 585. The first-order chi connectivity index (χ1) is 9.26. The third kappa shape index (κ3) is 1.81. The summed E-state index contributed by atoms with van der Waals surface area (Å²) in [5.74, 6) is 0.0996. The molecule has 122 valence electrons. The van der Waals surface area contributed by atoms with E-state index in [2.05, 4.69) is 0 Å². The van der Waals surface area contributed by atoms with Gasteiger partial charge in [0.15, 0.2) is 0 Å². The highest BCUT2D eigenvalue weighted by Crippen LogP contribution is 2.76. The van der Waals surface area contributed by atoms with Crippen LogP contribution in [0.15, 0.2) is 0 Å². The molecule has 8 heteroatoms. The second-order valence-electron chi connectivity index (χ2n) is 7.74. The highest BCUT2D eigenvalue weighted by atomic mass is 32.3. The van der Waals surface area contributed by atoms with Crippen molar-refractivity contribution < 1.29 is 21.6 Å². The van der Waals surface area contributed by atoms with Crippen LogP contribution < -0.4 is 0 Å². The highest BCUT2D eigenvalue weighted by molar-refractivity contribution is 8.09. The summed E-state index contributed by atoms with van der Waals surface area (Å²) in [5.41, 5.74) is -5.84. The summed E-state index contributed by atoms with van der Waals surface area (Å²) in [6.45, 7) is 7.92. The van der Waals surface area contributed by atoms with E-state index in [1.165, 1.54) is 0 Å². The van der Waals surface area contributed by atoms with Crippen molar-refractivity contribution in [2.45, 2.75) is 52.1 Å². The lowest BCUT2D eigenvalue weighted by molar-refractivity contribution is -0.0370. The average molecular weight is 343 g/mol. The monoisotopic (exact) mass is 343 g/mol. The molecule has 3 rings (SSSR count). The van der Waals surface area contributed by atoms with Crippen molar-refractivity contribution in [3.8, 4) is 0 Å². The summed E-state index contributed by atoms with van der Waals surface area (Å²) < 4.78 is 64.1. The van der Waals surface area contributed by atoms with E-state index in [1.54, 1.807) is 0 Å². The van der Waals surface area contributed by atoms with E-state index in [1.807, 2.05) is 27.7 Å². The van der Waals surface area contributed by atoms with E-state index in [0.717, 1.165) is 6.42 Å². The number of hydrogen-bond acceptors (Lipinski definition) is 3. The van der Waals surface area contributed by atoms with Crippen molar-refractivity contribution in [1.29, 1.82) is 0 Å². The summed E-state index contributed by atoms with van der Waals surface area (Å²) in [5, 5.41) is 0. The lowest BCUT2D eigenvalue weighted by Crippen LogP contribution is -2.47. The van der Waals surface area contributed by atoms with Crippen LogP contribution in [0.3, 0.4) is 0 Å². The molecule has 2 aliphatic carbocycles. The van der Waals surface area contributed by atoms with Gasteiger partial charge in [0.05, 0.1) is 5.75 Å². The number of alkyl halides is 3. The van der Waals surface area contributed by atoms with Gasteiger partial charge < -0.3 is 0 Å². The van der Waals surface area contributed by atoms with Gasteiger partial charge in [0.25, 0.3) is 0 Å². The molecule has 0 aromatic heterocycles. The molecule has 2 saturated carbocycles. The molecule has 1 spiro atoms. The SMILES string of the molecule is CC1(C)C2CCC3(CS(=O)(=O)N(SC(F)(F)F)C13)C2(C)C. The minimum absolute atomic E-state index is 0.152. The van der Waals surface area contributed by atoms with Gasteiger partial charge in [0.2, 0.25) is 10.0 Å². The molecule has 3 unspecified atom stereocenters. The van der Waals surface area contributed by atoms with Crippen molar-refractivity contribution in [2.24, 2.45) is 22.2 Å². The normalized spacial score (nSPS) is 43.2. The molecule has 21 heavy (non-hydrogen) atoms. The third-order valence-electron chi connectivity index (χ3n) is 6.28. The van der Waals surface area contributed by atoms with Gasteiger partial charge >= 0.3 is 5.51 Å². The number of hydrogen-bond donors (Lipinski definition) is 0. The maximum atomic E-state index is 12.8. The number of rotatable bonds is 1. The molecule has 1 aliphatic heterocycles. The van der Waals surface area contributed by atoms with E-state index in [4.69, 9.17) is 0 Å². The van der Waals surface area contributed by atoms with E-state index in [-0.39, 0.29) is 17.1 Å². The Balaban J connectivity index is 2.14. The first kappa shape index (κ1) is 15.9. The van der Waals surface area contributed by atoms with E-state index < -0.39 is 44.4 Å². The van der Waals surface area contributed by atoms with Crippen LogP contribution in [-0.4, -0.2) is 29.4 Å². The van der Waals surface area contributed by atoms with Gasteiger partial charge in [-0.25, -0.2) is 8.42 Å². The van der Waals surface area contributed by atoms with Gasteiger partial charge in [-0.15, -0.1) is 3.71 Å². The maximum Gasteiger partial charge on any atom is 0.457 e. The van der Waals surface area contributed by atoms with Gasteiger partial charge in [-0.05, 0) is 29.6 Å². The standard InChI is InChI=1S/C13H20F3NO2S2/c1-10(2)8-5-6-12(11(8,3)4)7-21(18,19)17(9(10)12)20-13(14,15)16/h8-9H,5-7H2,1-4H3. The molecule has 0 radical (unpaired) electrons. The van der Waals surface area contributed by atoms with Gasteiger partial charge in [0.1, 0.15) is 0 Å². The second-order valence-corrected chi connectivity index (χ2v) is 10.9. The minimum Gasteiger partial charge on any atom is -0.211 e. The lowest BCUT2D eigenvalue weighted by Gasteiger charge is -2.42. The highest BCUT2D eigenvalue weighted by Gasteiger charge is 2.78. The fourth-order valence-corrected chi connectivity index (χ4v) is 9.59. The number of sulfonamides is 1. The van der Waals surface area contributed by atoms with Crippen LogP contribution in [0, 0.1) is 22.2 Å². The Morgan fingerprint density at radius 2 is 1.76 bits per heavy atom. The predicted molar refractivity (Wildman–Crippen MR) is 75.8 cm³/mol. The summed E-state index contributed by atoms with van der Waals surface area (Å²) in [7, 11) is -3.89. The Hall–Kier alpha value is 0.0500. The van der Waals surface area contributed by atoms with Crippen LogP contribution in [0.25, 0.3) is 0 Å². The molecule has 0 amide bonds. The fourth-order valence-electron chi connectivity index (χ4n) is 5.70. The molecule has 0 aromatic rings. The van der Waals surface area contributed by atoms with Gasteiger partial charge in [-0.3, -0.25) is 0 Å². The van der Waals surface area contributed by atoms with Crippen molar-refractivity contribution >= 4 is 22.0 Å². The first-order valence-electron chi connectivity index (χ1n) is 7.04.